The molecule has 0 aliphatic carbocycles. The lowest BCUT2D eigenvalue weighted by molar-refractivity contribution is 0.339. The van der Waals surface area contributed by atoms with Crippen molar-refractivity contribution in [1.29, 1.82) is 0 Å². The fraction of sp³-hybridized carbons (Fsp3) is 0.294. The molecule has 0 aliphatic rings. The van der Waals surface area contributed by atoms with Crippen molar-refractivity contribution in [3.63, 3.8) is 0 Å². The molecular weight excluding hydrogens is 280 g/mol. The van der Waals surface area contributed by atoms with E-state index < -0.39 is 0 Å². The molecule has 0 aromatic heterocycles. The number of hydrogen-bond acceptors (Lipinski definition) is 4. The predicted molar refractivity (Wildman–Crippen MR) is 89.6 cm³/mol. The van der Waals surface area contributed by atoms with Gasteiger partial charge < -0.3 is 4.74 Å². The highest BCUT2D eigenvalue weighted by Crippen LogP contribution is 2.26. The number of aryl methyl sites for hydroxylation is 1. The molecule has 2 aromatic carbocycles. The Kier molecular flexibility index (Phi) is 6.11. The number of hydrogen-bond donors (Lipinski definition) is 2. The van der Waals surface area contributed by atoms with Gasteiger partial charge in [-0.25, -0.2) is 0 Å². The Bertz CT molecular complexity index is 557. The van der Waals surface area contributed by atoms with E-state index in [9.17, 15) is 0 Å². The zero-order valence-electron chi connectivity index (χ0n) is 12.5. The van der Waals surface area contributed by atoms with Crippen LogP contribution in [-0.4, -0.2) is 12.4 Å². The zero-order chi connectivity index (χ0) is 15.1. The number of thioether (sulfide) groups is 1. The summed E-state index contributed by atoms with van der Waals surface area (Å²) in [6.45, 7) is 4.75. The summed E-state index contributed by atoms with van der Waals surface area (Å²) in [5.74, 6) is 7.47. The van der Waals surface area contributed by atoms with E-state index in [1.807, 2.05) is 25.1 Å². The quantitative estimate of drug-likeness (QED) is 0.465. The van der Waals surface area contributed by atoms with Gasteiger partial charge in [-0.15, -0.1) is 11.8 Å². The minimum absolute atomic E-state index is 0.0942. The largest absolute Gasteiger partial charge is 0.494 e. The molecule has 3 nitrogen and oxygen atoms in total. The summed E-state index contributed by atoms with van der Waals surface area (Å²) < 4.78 is 5.54. The van der Waals surface area contributed by atoms with Gasteiger partial charge >= 0.3 is 0 Å². The van der Waals surface area contributed by atoms with Crippen LogP contribution in [0.3, 0.4) is 0 Å². The van der Waals surface area contributed by atoms with E-state index >= 15 is 0 Å². The van der Waals surface area contributed by atoms with Crippen LogP contribution in [0.25, 0.3) is 0 Å². The smallest absolute Gasteiger partial charge is 0.119 e. The van der Waals surface area contributed by atoms with Gasteiger partial charge in [-0.2, -0.15) is 0 Å². The Morgan fingerprint density at radius 1 is 1.19 bits per heavy atom. The van der Waals surface area contributed by atoms with Gasteiger partial charge in [-0.3, -0.25) is 11.3 Å². The van der Waals surface area contributed by atoms with E-state index in [4.69, 9.17) is 10.6 Å². The monoisotopic (exact) mass is 302 g/mol. The lowest BCUT2D eigenvalue weighted by Gasteiger charge is -2.17. The Morgan fingerprint density at radius 3 is 2.62 bits per heavy atom. The molecule has 0 spiro atoms. The van der Waals surface area contributed by atoms with E-state index in [1.165, 1.54) is 10.5 Å². The van der Waals surface area contributed by atoms with E-state index in [-0.39, 0.29) is 6.04 Å². The molecule has 1 atom stereocenters. The molecule has 0 aliphatic heterocycles. The summed E-state index contributed by atoms with van der Waals surface area (Å²) in [4.78, 5) is 1.25. The van der Waals surface area contributed by atoms with Crippen LogP contribution in [0.15, 0.2) is 53.4 Å². The minimum Gasteiger partial charge on any atom is -0.494 e. The van der Waals surface area contributed by atoms with Crippen molar-refractivity contribution in [2.24, 2.45) is 5.84 Å². The van der Waals surface area contributed by atoms with Crippen LogP contribution < -0.4 is 16.0 Å². The molecule has 4 heteroatoms. The molecule has 2 aromatic rings. The first-order valence-corrected chi connectivity index (χ1v) is 8.10. The number of rotatable bonds is 7. The molecule has 0 bridgehead atoms. The maximum Gasteiger partial charge on any atom is 0.119 e. The molecule has 3 N–H and O–H groups in total. The highest BCUT2D eigenvalue weighted by molar-refractivity contribution is 7.99. The van der Waals surface area contributed by atoms with Crippen LogP contribution in [0.5, 0.6) is 5.75 Å². The van der Waals surface area contributed by atoms with Gasteiger partial charge in [-0.05, 0) is 43.7 Å². The normalized spacial score (nSPS) is 12.1. The lowest BCUT2D eigenvalue weighted by Crippen LogP contribution is -2.29. The van der Waals surface area contributed by atoms with Gasteiger partial charge in [0, 0.05) is 10.6 Å². The van der Waals surface area contributed by atoms with Crippen molar-refractivity contribution < 1.29 is 4.74 Å². The third-order valence-corrected chi connectivity index (χ3v) is 4.32. The first-order valence-electron chi connectivity index (χ1n) is 7.11. The zero-order valence-corrected chi connectivity index (χ0v) is 13.3. The summed E-state index contributed by atoms with van der Waals surface area (Å²) in [5, 5.41) is 0. The van der Waals surface area contributed by atoms with Crippen LogP contribution in [0, 0.1) is 6.92 Å². The summed E-state index contributed by atoms with van der Waals surface area (Å²) in [6, 6.07) is 16.7. The second-order valence-corrected chi connectivity index (χ2v) is 5.94. The van der Waals surface area contributed by atoms with Crippen LogP contribution in [0.1, 0.15) is 24.1 Å². The molecule has 0 fully saturated rings. The fourth-order valence-corrected chi connectivity index (χ4v) is 3.02. The molecule has 112 valence electrons. The maximum absolute atomic E-state index is 5.71. The molecule has 0 radical (unpaired) electrons. The average Bonchev–Trinajstić information content (AvgIpc) is 2.50. The molecule has 21 heavy (non-hydrogen) atoms. The second-order valence-electron chi connectivity index (χ2n) is 4.85. The predicted octanol–water partition coefficient (Wildman–Crippen LogP) is 3.69. The van der Waals surface area contributed by atoms with E-state index in [0.29, 0.717) is 6.61 Å². The average molecular weight is 302 g/mol. The highest BCUT2D eigenvalue weighted by Gasteiger charge is 2.11. The van der Waals surface area contributed by atoms with E-state index in [1.54, 1.807) is 11.8 Å². The van der Waals surface area contributed by atoms with Crippen molar-refractivity contribution in [3.8, 4) is 5.75 Å². The summed E-state index contributed by atoms with van der Waals surface area (Å²) in [7, 11) is 0. The number of benzene rings is 2. The standard InChI is InChI=1S/C17H22N2OS/c1-3-20-15-6-4-5-14(11-15)17(19-18)12-21-16-9-7-13(2)8-10-16/h4-11,17,19H,3,12,18H2,1-2H3. The third kappa shape index (κ3) is 4.77. The number of nitrogens with one attached hydrogen (secondary N) is 1. The van der Waals surface area contributed by atoms with Crippen molar-refractivity contribution in [2.75, 3.05) is 12.4 Å². The van der Waals surface area contributed by atoms with Gasteiger partial charge in [0.25, 0.3) is 0 Å². The lowest BCUT2D eigenvalue weighted by atomic mass is 10.1. The Labute approximate surface area is 130 Å². The van der Waals surface area contributed by atoms with Crippen LogP contribution in [0.2, 0.25) is 0 Å². The van der Waals surface area contributed by atoms with Crippen molar-refractivity contribution >= 4 is 11.8 Å². The van der Waals surface area contributed by atoms with Crippen LogP contribution in [-0.2, 0) is 0 Å². The second kappa shape index (κ2) is 8.08. The molecule has 1 unspecified atom stereocenters. The summed E-state index contributed by atoms with van der Waals surface area (Å²) in [6.07, 6.45) is 0. The molecule has 0 amide bonds. The first-order chi connectivity index (χ1) is 10.2. The molecule has 0 heterocycles. The topological polar surface area (TPSA) is 47.3 Å². The van der Waals surface area contributed by atoms with Crippen molar-refractivity contribution in [1.82, 2.24) is 5.43 Å². The Hall–Kier alpha value is -1.49. The van der Waals surface area contributed by atoms with Gasteiger partial charge in [0.15, 0.2) is 0 Å². The molecular formula is C17H22N2OS. The van der Waals surface area contributed by atoms with Crippen LogP contribution >= 0.6 is 11.8 Å². The van der Waals surface area contributed by atoms with Gasteiger partial charge in [0.1, 0.15) is 5.75 Å². The van der Waals surface area contributed by atoms with Gasteiger partial charge in [-0.1, -0.05) is 29.8 Å². The van der Waals surface area contributed by atoms with E-state index in [2.05, 4.69) is 42.7 Å². The third-order valence-electron chi connectivity index (χ3n) is 3.21. The SMILES string of the molecule is CCOc1cccc(C(CSc2ccc(C)cc2)NN)c1. The van der Waals surface area contributed by atoms with E-state index in [0.717, 1.165) is 17.1 Å². The number of nitrogens with two attached hydrogens (primary N) is 1. The number of hydrazine groups is 1. The molecule has 0 saturated heterocycles. The van der Waals surface area contributed by atoms with Crippen molar-refractivity contribution in [2.45, 2.75) is 24.8 Å². The first kappa shape index (κ1) is 15.9. The molecule has 0 saturated carbocycles. The summed E-state index contributed by atoms with van der Waals surface area (Å²) >= 11 is 1.79. The van der Waals surface area contributed by atoms with Crippen LogP contribution in [0.4, 0.5) is 0 Å². The summed E-state index contributed by atoms with van der Waals surface area (Å²) in [5.41, 5.74) is 5.31. The number of ether oxygens (including phenoxy) is 1. The minimum atomic E-state index is 0.0942. The van der Waals surface area contributed by atoms with Crippen molar-refractivity contribution in [3.05, 3.63) is 59.7 Å². The molecule has 2 rings (SSSR count). The fourth-order valence-electron chi connectivity index (χ4n) is 2.04. The Balaban J connectivity index is 2.02. The Morgan fingerprint density at radius 2 is 1.95 bits per heavy atom. The maximum atomic E-state index is 5.71. The highest BCUT2D eigenvalue weighted by atomic mass is 32.2. The van der Waals surface area contributed by atoms with Gasteiger partial charge in [0.2, 0.25) is 0 Å². The van der Waals surface area contributed by atoms with Gasteiger partial charge in [0.05, 0.1) is 12.6 Å².